The summed E-state index contributed by atoms with van der Waals surface area (Å²) in [4.78, 5) is 11.7. The molecule has 3 atom stereocenters. The third kappa shape index (κ3) is 1.92. The first-order valence-electron chi connectivity index (χ1n) is 7.28. The second-order valence-corrected chi connectivity index (χ2v) is 6.33. The van der Waals surface area contributed by atoms with Gasteiger partial charge in [-0.2, -0.15) is 0 Å². The maximum Gasteiger partial charge on any atom is 0.223 e. The maximum absolute atomic E-state index is 11.7. The smallest absolute Gasteiger partial charge is 0.223 e. The third-order valence-electron chi connectivity index (χ3n) is 5.27. The Kier molecular flexibility index (Phi) is 3.08. The molecule has 1 heterocycles. The Morgan fingerprint density at radius 2 is 2.20 bits per heavy atom. The van der Waals surface area contributed by atoms with E-state index in [0.29, 0.717) is 11.8 Å². The van der Waals surface area contributed by atoms with Crippen LogP contribution >= 0.6 is 0 Å². The van der Waals surface area contributed by atoms with Gasteiger partial charge in [0.15, 0.2) is 0 Å². The van der Waals surface area contributed by atoms with Gasteiger partial charge in [0.2, 0.25) is 5.91 Å². The lowest BCUT2D eigenvalue weighted by Gasteiger charge is -2.40. The summed E-state index contributed by atoms with van der Waals surface area (Å²) in [5.74, 6) is 0.629. The highest BCUT2D eigenvalue weighted by molar-refractivity contribution is 5.82. The van der Waals surface area contributed by atoms with Gasteiger partial charge in [-0.1, -0.05) is 26.0 Å². The maximum atomic E-state index is 11.7. The van der Waals surface area contributed by atoms with Crippen LogP contribution < -0.4 is 5.73 Å². The number of carbonyl (C=O) groups excluding carboxylic acids is 1. The van der Waals surface area contributed by atoms with Crippen LogP contribution in [0.4, 0.5) is 0 Å². The van der Waals surface area contributed by atoms with Crippen molar-refractivity contribution in [1.82, 2.24) is 0 Å². The number of amides is 1. The molecule has 0 aliphatic heterocycles. The molecule has 0 saturated heterocycles. The number of rotatable bonds is 2. The van der Waals surface area contributed by atoms with Crippen LogP contribution in [0.25, 0.3) is 11.0 Å². The quantitative estimate of drug-likeness (QED) is 0.902. The average molecular weight is 271 g/mol. The zero-order valence-corrected chi connectivity index (χ0v) is 12.1. The Hall–Kier alpha value is -1.77. The normalized spacial score (nSPS) is 30.5. The summed E-state index contributed by atoms with van der Waals surface area (Å²) in [5, 5.41) is 1.20. The lowest BCUT2D eigenvalue weighted by molar-refractivity contribution is -0.131. The van der Waals surface area contributed by atoms with Crippen LogP contribution in [0.5, 0.6) is 0 Å². The summed E-state index contributed by atoms with van der Waals surface area (Å²) in [6, 6.07) is 8.27. The molecule has 1 amide bonds. The molecule has 0 bridgehead atoms. The van der Waals surface area contributed by atoms with E-state index >= 15 is 0 Å². The van der Waals surface area contributed by atoms with Crippen LogP contribution in [0, 0.1) is 11.3 Å². The van der Waals surface area contributed by atoms with Crippen LogP contribution in [-0.2, 0) is 4.79 Å². The number of nitrogens with two attached hydrogens (primary N) is 1. The number of fused-ring (bicyclic) bond motifs is 1. The minimum absolute atomic E-state index is 0.162. The zero-order chi connectivity index (χ0) is 14.3. The Bertz CT molecular complexity index is 645. The summed E-state index contributed by atoms with van der Waals surface area (Å²) in [6.45, 7) is 4.15. The van der Waals surface area contributed by atoms with E-state index in [1.807, 2.05) is 25.1 Å². The van der Waals surface area contributed by atoms with Crippen molar-refractivity contribution in [2.45, 2.75) is 39.0 Å². The fourth-order valence-corrected chi connectivity index (χ4v) is 3.55. The van der Waals surface area contributed by atoms with Crippen LogP contribution in [-0.4, -0.2) is 5.91 Å². The summed E-state index contributed by atoms with van der Waals surface area (Å²) < 4.78 is 5.48. The molecule has 1 aromatic carbocycles. The van der Waals surface area contributed by atoms with Crippen molar-refractivity contribution in [1.29, 1.82) is 0 Å². The third-order valence-corrected chi connectivity index (χ3v) is 5.27. The molecule has 2 N–H and O–H groups in total. The van der Waals surface area contributed by atoms with E-state index in [1.165, 1.54) is 10.9 Å². The number of hydrogen-bond donors (Lipinski definition) is 1. The molecule has 3 heteroatoms. The van der Waals surface area contributed by atoms with Crippen molar-refractivity contribution in [3.63, 3.8) is 0 Å². The largest absolute Gasteiger partial charge is 0.464 e. The minimum atomic E-state index is -0.360. The van der Waals surface area contributed by atoms with Crippen LogP contribution in [0.1, 0.15) is 44.6 Å². The molecule has 0 radical (unpaired) electrons. The highest BCUT2D eigenvalue weighted by Crippen LogP contribution is 2.47. The molecule has 3 nitrogen and oxygen atoms in total. The van der Waals surface area contributed by atoms with Crippen molar-refractivity contribution in [3.8, 4) is 0 Å². The summed E-state index contributed by atoms with van der Waals surface area (Å²) >= 11 is 0. The van der Waals surface area contributed by atoms with Gasteiger partial charge in [-0.25, -0.2) is 0 Å². The van der Waals surface area contributed by atoms with Crippen molar-refractivity contribution >= 4 is 16.9 Å². The molecule has 1 saturated carbocycles. The summed E-state index contributed by atoms with van der Waals surface area (Å²) in [7, 11) is 0. The number of primary amides is 1. The molecule has 1 aliphatic rings. The molecule has 0 spiro atoms. The standard InChI is InChI=1S/C17H21NO2/c1-11-10-12(6-8-17(11,2)16(18)19)13-4-3-5-15-14(13)7-9-20-15/h3-5,7,9,11-12H,6,8,10H2,1-2H3,(H2,18,19). The molecule has 1 aromatic heterocycles. The van der Waals surface area contributed by atoms with E-state index in [0.717, 1.165) is 24.8 Å². The average Bonchev–Trinajstić information content (AvgIpc) is 2.90. The topological polar surface area (TPSA) is 56.2 Å². The fourth-order valence-electron chi connectivity index (χ4n) is 3.55. The highest BCUT2D eigenvalue weighted by Gasteiger charge is 2.42. The Morgan fingerprint density at radius 1 is 1.40 bits per heavy atom. The molecule has 1 aliphatic carbocycles. The van der Waals surface area contributed by atoms with Gasteiger partial charge in [0, 0.05) is 10.8 Å². The lowest BCUT2D eigenvalue weighted by Crippen LogP contribution is -2.43. The van der Waals surface area contributed by atoms with Gasteiger partial charge in [-0.05, 0) is 48.8 Å². The van der Waals surface area contributed by atoms with Gasteiger partial charge in [0.1, 0.15) is 5.58 Å². The second-order valence-electron chi connectivity index (χ2n) is 6.33. The Labute approximate surface area is 119 Å². The molecular weight excluding hydrogens is 250 g/mol. The number of furan rings is 1. The number of carbonyl (C=O) groups is 1. The van der Waals surface area contributed by atoms with Crippen LogP contribution in [0.3, 0.4) is 0 Å². The fraction of sp³-hybridized carbons (Fsp3) is 0.471. The van der Waals surface area contributed by atoms with E-state index in [2.05, 4.69) is 13.0 Å². The van der Waals surface area contributed by atoms with Gasteiger partial charge in [0.25, 0.3) is 0 Å². The van der Waals surface area contributed by atoms with Crippen molar-refractivity contribution in [2.24, 2.45) is 17.1 Å². The first kappa shape index (κ1) is 13.2. The molecular formula is C17H21NO2. The predicted octanol–water partition coefficient (Wildman–Crippen LogP) is 3.83. The van der Waals surface area contributed by atoms with Crippen molar-refractivity contribution in [3.05, 3.63) is 36.1 Å². The summed E-state index contributed by atoms with van der Waals surface area (Å²) in [5.41, 5.74) is 7.52. The molecule has 3 unspecified atom stereocenters. The minimum Gasteiger partial charge on any atom is -0.464 e. The van der Waals surface area contributed by atoms with E-state index in [4.69, 9.17) is 10.2 Å². The summed E-state index contributed by atoms with van der Waals surface area (Å²) in [6.07, 6.45) is 4.62. The van der Waals surface area contributed by atoms with E-state index in [9.17, 15) is 4.79 Å². The Balaban J connectivity index is 1.91. The van der Waals surface area contributed by atoms with Crippen LogP contribution in [0.2, 0.25) is 0 Å². The van der Waals surface area contributed by atoms with Crippen molar-refractivity contribution < 1.29 is 9.21 Å². The van der Waals surface area contributed by atoms with E-state index in [1.54, 1.807) is 6.26 Å². The first-order chi connectivity index (χ1) is 9.52. The lowest BCUT2D eigenvalue weighted by atomic mass is 9.63. The van der Waals surface area contributed by atoms with Gasteiger partial charge in [0.05, 0.1) is 6.26 Å². The second kappa shape index (κ2) is 4.65. The van der Waals surface area contributed by atoms with Gasteiger partial charge < -0.3 is 10.2 Å². The van der Waals surface area contributed by atoms with Gasteiger partial charge in [-0.3, -0.25) is 4.79 Å². The monoisotopic (exact) mass is 271 g/mol. The SMILES string of the molecule is CC1CC(c2cccc3occc23)CCC1(C)C(N)=O. The number of benzene rings is 1. The predicted molar refractivity (Wildman–Crippen MR) is 79.3 cm³/mol. The highest BCUT2D eigenvalue weighted by atomic mass is 16.3. The first-order valence-corrected chi connectivity index (χ1v) is 7.28. The molecule has 106 valence electrons. The van der Waals surface area contributed by atoms with E-state index in [-0.39, 0.29) is 11.3 Å². The molecule has 20 heavy (non-hydrogen) atoms. The molecule has 3 rings (SSSR count). The van der Waals surface area contributed by atoms with Gasteiger partial charge in [-0.15, -0.1) is 0 Å². The van der Waals surface area contributed by atoms with E-state index < -0.39 is 0 Å². The number of hydrogen-bond acceptors (Lipinski definition) is 2. The molecule has 2 aromatic rings. The molecule has 1 fully saturated rings. The van der Waals surface area contributed by atoms with Gasteiger partial charge >= 0.3 is 0 Å². The van der Waals surface area contributed by atoms with Crippen molar-refractivity contribution in [2.75, 3.05) is 0 Å². The Morgan fingerprint density at radius 3 is 2.90 bits per heavy atom. The zero-order valence-electron chi connectivity index (χ0n) is 12.1. The van der Waals surface area contributed by atoms with Crippen LogP contribution in [0.15, 0.2) is 34.9 Å².